The number of nitrogens with one attached hydrogen (secondary N) is 1. The minimum absolute atomic E-state index is 0.0680. The zero-order valence-corrected chi connectivity index (χ0v) is 11.1. The molecule has 1 heterocycles. The van der Waals surface area contributed by atoms with Crippen LogP contribution in [0.1, 0.15) is 37.9 Å². The first-order chi connectivity index (χ1) is 8.40. The summed E-state index contributed by atoms with van der Waals surface area (Å²) in [4.78, 5) is 11.3. The van der Waals surface area contributed by atoms with E-state index in [1.807, 2.05) is 19.1 Å². The van der Waals surface area contributed by atoms with Crippen LogP contribution < -0.4 is 15.8 Å². The standard InChI is InChI=1S/C14H20N2O2/c1-9(16-14(2,3)13(15)17)10-4-5-12-11(8-10)6-7-18-12/h4-5,8-9,16H,6-7H2,1-3H3,(H2,15,17). The highest BCUT2D eigenvalue weighted by Crippen LogP contribution is 2.28. The molecule has 1 aliphatic heterocycles. The third kappa shape index (κ3) is 2.48. The molecule has 0 saturated carbocycles. The summed E-state index contributed by atoms with van der Waals surface area (Å²) in [5, 5.41) is 3.25. The topological polar surface area (TPSA) is 64.3 Å². The minimum Gasteiger partial charge on any atom is -0.493 e. The van der Waals surface area contributed by atoms with Gasteiger partial charge < -0.3 is 10.5 Å². The summed E-state index contributed by atoms with van der Waals surface area (Å²) in [5.41, 5.74) is 7.03. The van der Waals surface area contributed by atoms with Gasteiger partial charge in [0.05, 0.1) is 12.1 Å². The van der Waals surface area contributed by atoms with Gasteiger partial charge in [-0.2, -0.15) is 0 Å². The van der Waals surface area contributed by atoms with Gasteiger partial charge in [0, 0.05) is 12.5 Å². The summed E-state index contributed by atoms with van der Waals surface area (Å²) in [6.07, 6.45) is 0.953. The lowest BCUT2D eigenvalue weighted by atomic mass is 9.99. The van der Waals surface area contributed by atoms with E-state index >= 15 is 0 Å². The van der Waals surface area contributed by atoms with E-state index in [1.54, 1.807) is 13.8 Å². The fourth-order valence-electron chi connectivity index (χ4n) is 2.17. The SMILES string of the molecule is CC(NC(C)(C)C(N)=O)c1ccc2c(c1)CCO2. The molecule has 0 saturated heterocycles. The minimum atomic E-state index is -0.713. The highest BCUT2D eigenvalue weighted by Gasteiger charge is 2.27. The van der Waals surface area contributed by atoms with Crippen LogP contribution in [0.15, 0.2) is 18.2 Å². The largest absolute Gasteiger partial charge is 0.493 e. The zero-order chi connectivity index (χ0) is 13.3. The Bertz CT molecular complexity index is 469. The average Bonchev–Trinajstić information content (AvgIpc) is 2.74. The van der Waals surface area contributed by atoms with Crippen molar-refractivity contribution in [2.45, 2.75) is 38.8 Å². The quantitative estimate of drug-likeness (QED) is 0.849. The first kappa shape index (κ1) is 12.9. The summed E-state index contributed by atoms with van der Waals surface area (Å²) in [5.74, 6) is 0.624. The summed E-state index contributed by atoms with van der Waals surface area (Å²) in [7, 11) is 0. The Morgan fingerprint density at radius 2 is 2.22 bits per heavy atom. The molecule has 1 aromatic carbocycles. The van der Waals surface area contributed by atoms with E-state index in [0.717, 1.165) is 24.3 Å². The predicted molar refractivity (Wildman–Crippen MR) is 70.5 cm³/mol. The predicted octanol–water partition coefficient (Wildman–Crippen LogP) is 1.54. The van der Waals surface area contributed by atoms with Crippen LogP contribution in [0.3, 0.4) is 0 Å². The van der Waals surface area contributed by atoms with Crippen LogP contribution in [0.5, 0.6) is 5.75 Å². The molecule has 0 aromatic heterocycles. The molecule has 1 atom stereocenters. The molecule has 0 radical (unpaired) electrons. The van der Waals surface area contributed by atoms with E-state index in [1.165, 1.54) is 5.56 Å². The summed E-state index contributed by atoms with van der Waals surface area (Å²) in [6, 6.07) is 6.22. The number of benzene rings is 1. The number of amides is 1. The fraction of sp³-hybridized carbons (Fsp3) is 0.500. The number of hydrogen-bond acceptors (Lipinski definition) is 3. The summed E-state index contributed by atoms with van der Waals surface area (Å²) in [6.45, 7) is 6.38. The molecule has 0 aliphatic carbocycles. The monoisotopic (exact) mass is 248 g/mol. The highest BCUT2D eigenvalue weighted by molar-refractivity contribution is 5.83. The summed E-state index contributed by atoms with van der Waals surface area (Å²) >= 11 is 0. The number of nitrogens with two attached hydrogens (primary N) is 1. The molecule has 4 nitrogen and oxygen atoms in total. The normalized spacial score (nSPS) is 15.9. The van der Waals surface area contributed by atoms with Gasteiger partial charge in [0.15, 0.2) is 0 Å². The van der Waals surface area contributed by atoms with Crippen LogP contribution >= 0.6 is 0 Å². The molecule has 1 aromatic rings. The van der Waals surface area contributed by atoms with Crippen molar-refractivity contribution in [1.29, 1.82) is 0 Å². The number of fused-ring (bicyclic) bond motifs is 1. The van der Waals surface area contributed by atoms with E-state index in [-0.39, 0.29) is 11.9 Å². The molecule has 4 heteroatoms. The van der Waals surface area contributed by atoms with Crippen LogP contribution in [0.25, 0.3) is 0 Å². The Morgan fingerprint density at radius 1 is 1.50 bits per heavy atom. The van der Waals surface area contributed by atoms with Gasteiger partial charge in [0.2, 0.25) is 5.91 Å². The maximum Gasteiger partial charge on any atom is 0.237 e. The van der Waals surface area contributed by atoms with E-state index in [2.05, 4.69) is 11.4 Å². The van der Waals surface area contributed by atoms with E-state index < -0.39 is 5.54 Å². The average molecular weight is 248 g/mol. The van der Waals surface area contributed by atoms with Gasteiger partial charge >= 0.3 is 0 Å². The Balaban J connectivity index is 2.14. The van der Waals surface area contributed by atoms with E-state index in [9.17, 15) is 4.79 Å². The lowest BCUT2D eigenvalue weighted by Crippen LogP contribution is -2.51. The molecule has 1 aliphatic rings. The van der Waals surface area contributed by atoms with Gasteiger partial charge in [-0.1, -0.05) is 12.1 Å². The van der Waals surface area contributed by atoms with Gasteiger partial charge in [-0.05, 0) is 38.0 Å². The Kier molecular flexibility index (Phi) is 3.30. The third-order valence-corrected chi connectivity index (χ3v) is 3.41. The lowest BCUT2D eigenvalue weighted by molar-refractivity contribution is -0.123. The third-order valence-electron chi connectivity index (χ3n) is 3.41. The second kappa shape index (κ2) is 4.61. The van der Waals surface area contributed by atoms with E-state index in [4.69, 9.17) is 10.5 Å². The molecule has 0 bridgehead atoms. The number of primary amides is 1. The van der Waals surface area contributed by atoms with Gasteiger partial charge in [0.1, 0.15) is 5.75 Å². The van der Waals surface area contributed by atoms with Gasteiger partial charge in [-0.3, -0.25) is 10.1 Å². The van der Waals surface area contributed by atoms with Crippen molar-refractivity contribution in [1.82, 2.24) is 5.32 Å². The van der Waals surface area contributed by atoms with Crippen molar-refractivity contribution in [2.24, 2.45) is 5.73 Å². The molecule has 1 amide bonds. The fourth-order valence-corrected chi connectivity index (χ4v) is 2.17. The molecule has 2 rings (SSSR count). The Hall–Kier alpha value is -1.55. The van der Waals surface area contributed by atoms with Crippen LogP contribution in [-0.4, -0.2) is 18.1 Å². The van der Waals surface area contributed by atoms with Crippen molar-refractivity contribution < 1.29 is 9.53 Å². The second-order valence-electron chi connectivity index (χ2n) is 5.32. The van der Waals surface area contributed by atoms with Crippen molar-refractivity contribution in [3.8, 4) is 5.75 Å². The second-order valence-corrected chi connectivity index (χ2v) is 5.32. The number of hydrogen-bond donors (Lipinski definition) is 2. The van der Waals surface area contributed by atoms with Crippen LogP contribution in [0.2, 0.25) is 0 Å². The van der Waals surface area contributed by atoms with Gasteiger partial charge in [0.25, 0.3) is 0 Å². The molecule has 0 fully saturated rings. The highest BCUT2D eigenvalue weighted by atomic mass is 16.5. The molecule has 18 heavy (non-hydrogen) atoms. The van der Waals surface area contributed by atoms with Crippen molar-refractivity contribution >= 4 is 5.91 Å². The maximum atomic E-state index is 11.3. The van der Waals surface area contributed by atoms with Gasteiger partial charge in [-0.15, -0.1) is 0 Å². The number of ether oxygens (including phenoxy) is 1. The van der Waals surface area contributed by atoms with E-state index in [0.29, 0.717) is 0 Å². The molecule has 98 valence electrons. The van der Waals surface area contributed by atoms with Gasteiger partial charge in [-0.25, -0.2) is 0 Å². The molecule has 0 spiro atoms. The van der Waals surface area contributed by atoms with Crippen molar-refractivity contribution in [3.05, 3.63) is 29.3 Å². The zero-order valence-electron chi connectivity index (χ0n) is 11.1. The molecular weight excluding hydrogens is 228 g/mol. The van der Waals surface area contributed by atoms with Crippen LogP contribution in [0.4, 0.5) is 0 Å². The van der Waals surface area contributed by atoms with Crippen molar-refractivity contribution in [3.63, 3.8) is 0 Å². The van der Waals surface area contributed by atoms with Crippen LogP contribution in [-0.2, 0) is 11.2 Å². The Labute approximate surface area is 108 Å². The number of rotatable bonds is 4. The molecule has 3 N–H and O–H groups in total. The first-order valence-corrected chi connectivity index (χ1v) is 6.23. The smallest absolute Gasteiger partial charge is 0.237 e. The number of carbonyl (C=O) groups excluding carboxylic acids is 1. The van der Waals surface area contributed by atoms with Crippen LogP contribution in [0, 0.1) is 0 Å². The van der Waals surface area contributed by atoms with Crippen molar-refractivity contribution in [2.75, 3.05) is 6.61 Å². The first-order valence-electron chi connectivity index (χ1n) is 6.23. The number of carbonyl (C=O) groups is 1. The lowest BCUT2D eigenvalue weighted by Gasteiger charge is -2.27. The maximum absolute atomic E-state index is 11.3. The summed E-state index contributed by atoms with van der Waals surface area (Å²) < 4.78 is 5.48. The Morgan fingerprint density at radius 3 is 2.89 bits per heavy atom. The molecule has 1 unspecified atom stereocenters. The molecular formula is C14H20N2O2.